The lowest BCUT2D eigenvalue weighted by molar-refractivity contribution is 0.265. The van der Waals surface area contributed by atoms with Gasteiger partial charge in [0.05, 0.1) is 12.6 Å². The molecule has 0 N–H and O–H groups in total. The van der Waals surface area contributed by atoms with Crippen molar-refractivity contribution >= 4 is 24.4 Å². The van der Waals surface area contributed by atoms with E-state index < -0.39 is 8.32 Å². The maximum Gasteiger partial charge on any atom is 0.261 e. The zero-order valence-corrected chi connectivity index (χ0v) is 20.5. The highest BCUT2D eigenvalue weighted by Crippen LogP contribution is 2.39. The summed E-state index contributed by atoms with van der Waals surface area (Å²) in [5, 5.41) is 2.70. The molecule has 0 bridgehead atoms. The maximum absolute atomic E-state index is 7.26. The molecule has 3 heteroatoms. The Labute approximate surface area is 189 Å². The summed E-state index contributed by atoms with van der Waals surface area (Å²) in [5.74, 6) is 0. The zero-order chi connectivity index (χ0) is 22.1. The lowest BCUT2D eigenvalue weighted by Gasteiger charge is -2.44. The summed E-state index contributed by atoms with van der Waals surface area (Å²) in [6, 6.07) is 31.5. The summed E-state index contributed by atoms with van der Waals surface area (Å²) in [4.78, 5) is 2.56. The third kappa shape index (κ3) is 3.97. The Balaban J connectivity index is 1.74. The van der Waals surface area contributed by atoms with E-state index in [1.54, 1.807) is 0 Å². The van der Waals surface area contributed by atoms with E-state index in [9.17, 15) is 0 Å². The molecule has 1 aliphatic heterocycles. The van der Waals surface area contributed by atoms with Crippen LogP contribution in [0.3, 0.4) is 0 Å². The molecule has 162 valence electrons. The predicted molar refractivity (Wildman–Crippen MR) is 135 cm³/mol. The first-order valence-corrected chi connectivity index (χ1v) is 13.4. The van der Waals surface area contributed by atoms with E-state index in [0.717, 1.165) is 13.0 Å². The minimum atomic E-state index is -2.51. The molecule has 3 aromatic carbocycles. The normalized spacial score (nSPS) is 16.6. The molecule has 1 aliphatic rings. The summed E-state index contributed by atoms with van der Waals surface area (Å²) in [5.41, 5.74) is 2.81. The highest BCUT2D eigenvalue weighted by molar-refractivity contribution is 6.99. The van der Waals surface area contributed by atoms with E-state index in [2.05, 4.69) is 124 Å². The number of anilines is 1. The molecule has 4 rings (SSSR count). The molecule has 0 unspecified atom stereocenters. The van der Waals surface area contributed by atoms with Crippen LogP contribution in [0.5, 0.6) is 0 Å². The molecule has 0 aromatic heterocycles. The Bertz CT molecular complexity index is 955. The summed E-state index contributed by atoms with van der Waals surface area (Å²) in [6.45, 7) is 12.4. The molecule has 0 aliphatic carbocycles. The number of benzene rings is 3. The Hall–Kier alpha value is -2.36. The smallest absolute Gasteiger partial charge is 0.261 e. The number of para-hydroxylation sites is 1. The second kappa shape index (κ2) is 8.64. The number of rotatable bonds is 6. The van der Waals surface area contributed by atoms with Gasteiger partial charge in [0.25, 0.3) is 8.32 Å². The molecule has 3 aromatic rings. The molecule has 1 atom stereocenters. The van der Waals surface area contributed by atoms with Crippen molar-refractivity contribution in [3.05, 3.63) is 90.5 Å². The second-order valence-electron chi connectivity index (χ2n) is 9.96. The first kappa shape index (κ1) is 21.9. The average molecular weight is 430 g/mol. The predicted octanol–water partition coefficient (Wildman–Crippen LogP) is 5.40. The Morgan fingerprint density at radius 2 is 1.35 bits per heavy atom. The lowest BCUT2D eigenvalue weighted by atomic mass is 10.1. The molecule has 2 nitrogen and oxygen atoms in total. The minimum absolute atomic E-state index is 0.00379. The van der Waals surface area contributed by atoms with Gasteiger partial charge in [-0.2, -0.15) is 0 Å². The minimum Gasteiger partial charge on any atom is -0.405 e. The van der Waals surface area contributed by atoms with Crippen LogP contribution in [0.15, 0.2) is 84.9 Å². The van der Waals surface area contributed by atoms with Gasteiger partial charge < -0.3 is 9.33 Å². The van der Waals surface area contributed by atoms with Crippen LogP contribution in [-0.4, -0.2) is 27.0 Å². The van der Waals surface area contributed by atoms with Crippen LogP contribution < -0.4 is 15.3 Å². The van der Waals surface area contributed by atoms with Crippen molar-refractivity contribution in [3.8, 4) is 0 Å². The van der Waals surface area contributed by atoms with E-state index in [4.69, 9.17) is 4.43 Å². The van der Waals surface area contributed by atoms with E-state index >= 15 is 0 Å². The van der Waals surface area contributed by atoms with Gasteiger partial charge in [0.2, 0.25) is 0 Å². The average Bonchev–Trinajstić information content (AvgIpc) is 3.13. The summed E-state index contributed by atoms with van der Waals surface area (Å²) >= 11 is 0. The van der Waals surface area contributed by atoms with Crippen LogP contribution in [0.4, 0.5) is 5.69 Å². The Morgan fingerprint density at radius 1 is 0.839 bits per heavy atom. The standard InChI is InChI=1S/C28H35NOSi/c1-22(2)29-24(20-23-14-12-13-19-27(23)29)21-30-31(28(3,4)5,25-15-8-6-9-16-25)26-17-10-7-11-18-26/h6-19,22,24H,20-21H2,1-5H3/t24-/m0/s1. The molecular formula is C28H35NOSi. The summed E-state index contributed by atoms with van der Waals surface area (Å²) < 4.78 is 7.26. The van der Waals surface area contributed by atoms with Crippen LogP contribution >= 0.6 is 0 Å². The van der Waals surface area contributed by atoms with Gasteiger partial charge in [0.15, 0.2) is 0 Å². The van der Waals surface area contributed by atoms with Gasteiger partial charge in [-0.05, 0) is 47.3 Å². The van der Waals surface area contributed by atoms with Gasteiger partial charge in [-0.3, -0.25) is 0 Å². The highest BCUT2D eigenvalue weighted by Gasteiger charge is 2.50. The van der Waals surface area contributed by atoms with Crippen LogP contribution in [-0.2, 0) is 10.8 Å². The molecule has 0 saturated carbocycles. The van der Waals surface area contributed by atoms with Crippen molar-refractivity contribution in [3.63, 3.8) is 0 Å². The second-order valence-corrected chi connectivity index (χ2v) is 14.3. The number of hydrogen-bond acceptors (Lipinski definition) is 2. The van der Waals surface area contributed by atoms with Crippen LogP contribution in [0.2, 0.25) is 5.04 Å². The molecule has 0 radical (unpaired) electrons. The quantitative estimate of drug-likeness (QED) is 0.486. The van der Waals surface area contributed by atoms with Crippen molar-refractivity contribution in [1.82, 2.24) is 0 Å². The van der Waals surface area contributed by atoms with Crippen LogP contribution in [0.1, 0.15) is 40.2 Å². The van der Waals surface area contributed by atoms with Gasteiger partial charge in [-0.1, -0.05) is 99.6 Å². The lowest BCUT2D eigenvalue weighted by Crippen LogP contribution is -2.67. The van der Waals surface area contributed by atoms with Gasteiger partial charge in [0, 0.05) is 11.7 Å². The van der Waals surface area contributed by atoms with Crippen molar-refractivity contribution < 1.29 is 4.43 Å². The van der Waals surface area contributed by atoms with Gasteiger partial charge in [0.1, 0.15) is 0 Å². The maximum atomic E-state index is 7.26. The van der Waals surface area contributed by atoms with E-state index in [-0.39, 0.29) is 5.04 Å². The molecular weight excluding hydrogens is 394 g/mol. The molecule has 0 spiro atoms. The number of hydrogen-bond donors (Lipinski definition) is 0. The van der Waals surface area contributed by atoms with Gasteiger partial charge >= 0.3 is 0 Å². The monoisotopic (exact) mass is 429 g/mol. The van der Waals surface area contributed by atoms with E-state index in [1.807, 2.05) is 0 Å². The molecule has 0 amide bonds. The molecule has 0 fully saturated rings. The number of fused-ring (bicyclic) bond motifs is 1. The first-order chi connectivity index (χ1) is 14.8. The van der Waals surface area contributed by atoms with Crippen molar-refractivity contribution in [2.24, 2.45) is 0 Å². The fraction of sp³-hybridized carbons (Fsp3) is 0.357. The summed E-state index contributed by atoms with van der Waals surface area (Å²) in [6.07, 6.45) is 1.05. The van der Waals surface area contributed by atoms with E-state index in [0.29, 0.717) is 12.1 Å². The van der Waals surface area contributed by atoms with Crippen LogP contribution in [0, 0.1) is 0 Å². The Kier molecular flexibility index (Phi) is 6.09. The molecule has 0 saturated heterocycles. The topological polar surface area (TPSA) is 12.5 Å². The third-order valence-corrected chi connectivity index (χ3v) is 11.6. The van der Waals surface area contributed by atoms with Gasteiger partial charge in [-0.25, -0.2) is 0 Å². The van der Waals surface area contributed by atoms with Crippen molar-refractivity contribution in [2.75, 3.05) is 11.5 Å². The van der Waals surface area contributed by atoms with Crippen molar-refractivity contribution in [2.45, 2.75) is 58.2 Å². The van der Waals surface area contributed by atoms with Crippen molar-refractivity contribution in [1.29, 1.82) is 0 Å². The molecule has 31 heavy (non-hydrogen) atoms. The van der Waals surface area contributed by atoms with E-state index in [1.165, 1.54) is 21.6 Å². The first-order valence-electron chi connectivity index (χ1n) is 11.5. The highest BCUT2D eigenvalue weighted by atomic mass is 28.4. The largest absolute Gasteiger partial charge is 0.405 e. The number of nitrogens with zero attached hydrogens (tertiary/aromatic N) is 1. The fourth-order valence-corrected chi connectivity index (χ4v) is 9.90. The molecule has 1 heterocycles. The van der Waals surface area contributed by atoms with Crippen LogP contribution in [0.25, 0.3) is 0 Å². The third-order valence-electron chi connectivity index (χ3n) is 6.58. The summed E-state index contributed by atoms with van der Waals surface area (Å²) in [7, 11) is -2.51. The Morgan fingerprint density at radius 3 is 1.87 bits per heavy atom. The van der Waals surface area contributed by atoms with Gasteiger partial charge in [-0.15, -0.1) is 0 Å². The zero-order valence-electron chi connectivity index (χ0n) is 19.5. The fourth-order valence-electron chi connectivity index (χ4n) is 5.31. The SMILES string of the molecule is CC(C)N1c2ccccc2C[C@H]1CO[Si](c1ccccc1)(c1ccccc1)C(C)(C)C.